The fourth-order valence-corrected chi connectivity index (χ4v) is 4.07. The molecule has 4 heterocycles. The molecule has 1 aromatic rings. The average Bonchev–Trinajstić information content (AvgIpc) is 3.06. The van der Waals surface area contributed by atoms with Crippen molar-refractivity contribution in [1.82, 2.24) is 9.55 Å². The van der Waals surface area contributed by atoms with Crippen LogP contribution in [0.25, 0.3) is 0 Å². The van der Waals surface area contributed by atoms with Crippen molar-refractivity contribution in [3.05, 3.63) is 32.6 Å². The molecular weight excluding hydrogens is 396 g/mol. The lowest BCUT2D eigenvalue weighted by Crippen LogP contribution is -2.42. The maximum Gasteiger partial charge on any atom is 0.330 e. The van der Waals surface area contributed by atoms with Gasteiger partial charge < -0.3 is 28.8 Å². The average molecular weight is 426 g/mol. The van der Waals surface area contributed by atoms with Crippen molar-refractivity contribution in [1.29, 1.82) is 0 Å². The minimum Gasteiger partial charge on any atom is -0.386 e. The summed E-state index contributed by atoms with van der Waals surface area (Å²) in [5.41, 5.74) is -0.783. The molecule has 3 aliphatic heterocycles. The smallest absolute Gasteiger partial charge is 0.330 e. The third-order valence-corrected chi connectivity index (χ3v) is 5.76. The second-order valence-electron chi connectivity index (χ2n) is 8.06. The van der Waals surface area contributed by atoms with Gasteiger partial charge in [-0.25, -0.2) is 4.79 Å². The van der Waals surface area contributed by atoms with Crippen molar-refractivity contribution in [2.24, 2.45) is 0 Å². The Bertz CT molecular complexity index is 812. The maximum absolute atomic E-state index is 12.3. The topological polar surface area (TPSA) is 121 Å². The summed E-state index contributed by atoms with van der Waals surface area (Å²) in [5, 5.41) is 11.0. The van der Waals surface area contributed by atoms with E-state index in [1.807, 2.05) is 0 Å². The molecule has 2 N–H and O–H groups in total. The largest absolute Gasteiger partial charge is 0.386 e. The van der Waals surface area contributed by atoms with Gasteiger partial charge >= 0.3 is 5.69 Å². The van der Waals surface area contributed by atoms with Crippen LogP contribution in [0, 0.1) is 6.92 Å². The molecule has 0 spiro atoms. The highest BCUT2D eigenvalue weighted by Crippen LogP contribution is 2.33. The zero-order valence-corrected chi connectivity index (χ0v) is 17.2. The molecule has 1 aromatic heterocycles. The molecule has 10 heteroatoms. The normalized spacial score (nSPS) is 34.9. The van der Waals surface area contributed by atoms with Gasteiger partial charge in [-0.3, -0.25) is 14.3 Å². The summed E-state index contributed by atoms with van der Waals surface area (Å²) in [6.45, 7) is 2.99. The number of aromatic amines is 1. The van der Waals surface area contributed by atoms with Gasteiger partial charge in [0.1, 0.15) is 18.3 Å². The summed E-state index contributed by atoms with van der Waals surface area (Å²) in [7, 11) is 0. The van der Waals surface area contributed by atoms with Crippen LogP contribution in [0.1, 0.15) is 50.3 Å². The molecule has 3 aliphatic rings. The van der Waals surface area contributed by atoms with Crippen LogP contribution in [0.15, 0.2) is 15.8 Å². The quantitative estimate of drug-likeness (QED) is 0.677. The van der Waals surface area contributed by atoms with Gasteiger partial charge in [-0.1, -0.05) is 0 Å². The zero-order valence-electron chi connectivity index (χ0n) is 17.2. The van der Waals surface area contributed by atoms with Crippen molar-refractivity contribution in [2.75, 3.05) is 19.8 Å². The molecule has 4 rings (SSSR count). The standard InChI is InChI=1S/C20H30N2O8/c1-12-10-22(20(25)21-18(12)24)19-16(23)17(30-15-7-3-5-9-27-15)13(29-19)11-28-14-6-2-4-8-26-14/h10,13-17,19,23H,2-9,11H2,1H3,(H,21,24,25)/t13-,14?,15?,16+,17-,19-/m1/s1. The maximum atomic E-state index is 12.3. The molecule has 3 fully saturated rings. The van der Waals surface area contributed by atoms with E-state index in [0.29, 0.717) is 18.8 Å². The molecule has 0 radical (unpaired) electrons. The predicted octanol–water partition coefficient (Wildman–Crippen LogP) is 0.558. The van der Waals surface area contributed by atoms with Crippen LogP contribution >= 0.6 is 0 Å². The minimum absolute atomic E-state index is 0.146. The van der Waals surface area contributed by atoms with E-state index in [1.54, 1.807) is 6.92 Å². The summed E-state index contributed by atoms with van der Waals surface area (Å²) in [6, 6.07) is 0. The third kappa shape index (κ3) is 4.84. The number of ether oxygens (including phenoxy) is 5. The van der Waals surface area contributed by atoms with E-state index >= 15 is 0 Å². The van der Waals surface area contributed by atoms with E-state index in [2.05, 4.69) is 4.98 Å². The number of aliphatic hydroxyl groups excluding tert-OH is 1. The van der Waals surface area contributed by atoms with E-state index in [4.69, 9.17) is 23.7 Å². The van der Waals surface area contributed by atoms with Gasteiger partial charge in [-0.05, 0) is 45.4 Å². The first kappa shape index (κ1) is 21.7. The first-order valence-corrected chi connectivity index (χ1v) is 10.7. The summed E-state index contributed by atoms with van der Waals surface area (Å²) >= 11 is 0. The number of aromatic nitrogens is 2. The highest BCUT2D eigenvalue weighted by atomic mass is 16.7. The van der Waals surface area contributed by atoms with Crippen LogP contribution in [-0.2, 0) is 23.7 Å². The number of hydrogen-bond donors (Lipinski definition) is 2. The summed E-state index contributed by atoms with van der Waals surface area (Å²) in [6.07, 6.45) is 2.63. The molecule has 0 aliphatic carbocycles. The zero-order chi connectivity index (χ0) is 21.1. The first-order valence-electron chi connectivity index (χ1n) is 10.7. The molecule has 0 aromatic carbocycles. The van der Waals surface area contributed by atoms with Gasteiger partial charge in [0, 0.05) is 25.0 Å². The van der Waals surface area contributed by atoms with Gasteiger partial charge in [-0.2, -0.15) is 0 Å². The van der Waals surface area contributed by atoms with Crippen LogP contribution in [0.4, 0.5) is 0 Å². The van der Waals surface area contributed by atoms with Crippen molar-refractivity contribution < 1.29 is 28.8 Å². The van der Waals surface area contributed by atoms with Crippen LogP contribution in [-0.4, -0.2) is 65.4 Å². The summed E-state index contributed by atoms with van der Waals surface area (Å²) in [5.74, 6) is 0. The number of rotatable bonds is 6. The molecule has 0 bridgehead atoms. The number of nitrogens with one attached hydrogen (secondary N) is 1. The Morgan fingerprint density at radius 2 is 1.83 bits per heavy atom. The van der Waals surface area contributed by atoms with Gasteiger partial charge in [0.05, 0.1) is 6.61 Å². The lowest BCUT2D eigenvalue weighted by atomic mass is 10.1. The number of aryl methyl sites for hydroxylation is 1. The van der Waals surface area contributed by atoms with Crippen molar-refractivity contribution in [2.45, 2.75) is 82.6 Å². The van der Waals surface area contributed by atoms with Gasteiger partial charge in [0.25, 0.3) is 5.56 Å². The van der Waals surface area contributed by atoms with Gasteiger partial charge in [0.2, 0.25) is 0 Å². The number of aliphatic hydroxyl groups is 1. The second-order valence-corrected chi connectivity index (χ2v) is 8.06. The summed E-state index contributed by atoms with van der Waals surface area (Å²) in [4.78, 5) is 26.3. The van der Waals surface area contributed by atoms with Gasteiger partial charge in [-0.15, -0.1) is 0 Å². The fourth-order valence-electron chi connectivity index (χ4n) is 4.07. The van der Waals surface area contributed by atoms with Crippen LogP contribution < -0.4 is 11.2 Å². The Kier molecular flexibility index (Phi) is 7.01. The van der Waals surface area contributed by atoms with Crippen molar-refractivity contribution in [3.63, 3.8) is 0 Å². The Hall–Kier alpha value is -1.56. The van der Waals surface area contributed by atoms with Crippen LogP contribution in [0.5, 0.6) is 0 Å². The van der Waals surface area contributed by atoms with Crippen molar-refractivity contribution >= 4 is 0 Å². The summed E-state index contributed by atoms with van der Waals surface area (Å²) < 4.78 is 30.4. The molecule has 2 unspecified atom stereocenters. The Morgan fingerprint density at radius 3 is 2.50 bits per heavy atom. The number of hydrogen-bond acceptors (Lipinski definition) is 8. The monoisotopic (exact) mass is 426 g/mol. The molecule has 0 amide bonds. The second kappa shape index (κ2) is 9.71. The molecule has 30 heavy (non-hydrogen) atoms. The first-order chi connectivity index (χ1) is 14.5. The molecule has 10 nitrogen and oxygen atoms in total. The Balaban J connectivity index is 1.51. The Labute approximate surface area is 174 Å². The molecule has 168 valence electrons. The fraction of sp³-hybridized carbons (Fsp3) is 0.800. The van der Waals surface area contributed by atoms with Crippen LogP contribution in [0.2, 0.25) is 0 Å². The number of nitrogens with zero attached hydrogens (tertiary/aromatic N) is 1. The van der Waals surface area contributed by atoms with E-state index in [9.17, 15) is 14.7 Å². The van der Waals surface area contributed by atoms with E-state index in [-0.39, 0.29) is 12.9 Å². The number of H-pyrrole nitrogens is 1. The Morgan fingerprint density at radius 1 is 1.13 bits per heavy atom. The molecular formula is C20H30N2O8. The van der Waals surface area contributed by atoms with Crippen molar-refractivity contribution in [3.8, 4) is 0 Å². The SMILES string of the molecule is Cc1cn([C@@H]2O[C@H](COC3CCCCO3)[C@@H](OC3CCCCO3)[C@@H]2O)c(=O)[nH]c1=O. The molecule has 6 atom stereocenters. The highest BCUT2D eigenvalue weighted by Gasteiger charge is 2.47. The van der Waals surface area contributed by atoms with E-state index < -0.39 is 42.1 Å². The third-order valence-electron chi connectivity index (χ3n) is 5.76. The predicted molar refractivity (Wildman–Crippen MR) is 104 cm³/mol. The lowest BCUT2D eigenvalue weighted by Gasteiger charge is -2.30. The van der Waals surface area contributed by atoms with Gasteiger partial charge in [0.15, 0.2) is 18.8 Å². The van der Waals surface area contributed by atoms with Crippen LogP contribution in [0.3, 0.4) is 0 Å². The van der Waals surface area contributed by atoms with E-state index in [0.717, 1.165) is 38.5 Å². The van der Waals surface area contributed by atoms with E-state index in [1.165, 1.54) is 10.8 Å². The molecule has 0 saturated carbocycles. The minimum atomic E-state index is -1.14. The molecule has 3 saturated heterocycles. The highest BCUT2D eigenvalue weighted by molar-refractivity contribution is 5.03. The lowest BCUT2D eigenvalue weighted by molar-refractivity contribution is -0.223.